The Hall–Kier alpha value is -0.900. The zero-order valence-electron chi connectivity index (χ0n) is 10.3. The summed E-state index contributed by atoms with van der Waals surface area (Å²) in [7, 11) is 0. The second kappa shape index (κ2) is 4.17. The summed E-state index contributed by atoms with van der Waals surface area (Å²) in [4.78, 5) is 4.27. The number of nitrogens with zero attached hydrogens (tertiary/aromatic N) is 3. The zero-order chi connectivity index (χ0) is 11.8. The minimum absolute atomic E-state index is 0.304. The molecule has 4 heteroatoms. The summed E-state index contributed by atoms with van der Waals surface area (Å²) < 4.78 is 1.91. The molecule has 0 aromatic carbocycles. The van der Waals surface area contributed by atoms with Crippen molar-refractivity contribution in [2.75, 3.05) is 0 Å². The lowest BCUT2D eigenvalue weighted by molar-refractivity contribution is 0.0109. The highest BCUT2D eigenvalue weighted by Crippen LogP contribution is 2.43. The lowest BCUT2D eigenvalue weighted by Gasteiger charge is -2.26. The van der Waals surface area contributed by atoms with Crippen molar-refractivity contribution in [1.82, 2.24) is 14.8 Å². The first-order valence-electron chi connectivity index (χ1n) is 6.17. The van der Waals surface area contributed by atoms with Crippen LogP contribution in [0.5, 0.6) is 0 Å². The summed E-state index contributed by atoms with van der Waals surface area (Å²) >= 11 is 0. The van der Waals surface area contributed by atoms with E-state index >= 15 is 0 Å². The Kier molecular flexibility index (Phi) is 3.02. The van der Waals surface area contributed by atoms with Gasteiger partial charge < -0.3 is 5.11 Å². The maximum absolute atomic E-state index is 10.6. The molecule has 1 fully saturated rings. The fourth-order valence-corrected chi connectivity index (χ4v) is 2.28. The van der Waals surface area contributed by atoms with Crippen LogP contribution in [0.3, 0.4) is 0 Å². The zero-order valence-corrected chi connectivity index (χ0v) is 10.3. The first kappa shape index (κ1) is 11.6. The molecule has 0 radical (unpaired) electrons. The standard InChI is InChI=1S/C12H21N3O/c1-4-12(16,10-5-6-10)7-11-13-8-14-15(11)9(2)3/h8-10,16H,4-7H2,1-3H3. The number of aromatic nitrogens is 3. The molecule has 0 bridgehead atoms. The van der Waals surface area contributed by atoms with E-state index in [1.807, 2.05) is 4.68 Å². The van der Waals surface area contributed by atoms with Crippen molar-refractivity contribution >= 4 is 0 Å². The number of aliphatic hydroxyl groups is 1. The van der Waals surface area contributed by atoms with Gasteiger partial charge in [0.05, 0.1) is 5.60 Å². The molecule has 1 atom stereocenters. The van der Waals surface area contributed by atoms with Gasteiger partial charge in [-0.05, 0) is 39.0 Å². The Balaban J connectivity index is 2.15. The SMILES string of the molecule is CCC(O)(Cc1ncnn1C(C)C)C1CC1. The molecule has 0 amide bonds. The van der Waals surface area contributed by atoms with Gasteiger partial charge in [-0.3, -0.25) is 0 Å². The summed E-state index contributed by atoms with van der Waals surface area (Å²) in [5.41, 5.74) is -0.570. The Labute approximate surface area is 96.7 Å². The molecular weight excluding hydrogens is 202 g/mol. The first-order chi connectivity index (χ1) is 7.57. The van der Waals surface area contributed by atoms with Crippen molar-refractivity contribution in [1.29, 1.82) is 0 Å². The van der Waals surface area contributed by atoms with E-state index in [9.17, 15) is 5.11 Å². The Bertz CT molecular complexity index is 357. The van der Waals surface area contributed by atoms with Crippen molar-refractivity contribution in [3.05, 3.63) is 12.2 Å². The van der Waals surface area contributed by atoms with Crippen LogP contribution in [0, 0.1) is 5.92 Å². The highest BCUT2D eigenvalue weighted by Gasteiger charge is 2.43. The maximum Gasteiger partial charge on any atom is 0.138 e. The second-order valence-electron chi connectivity index (χ2n) is 5.12. The molecule has 1 aliphatic rings. The number of hydrogen-bond acceptors (Lipinski definition) is 3. The van der Waals surface area contributed by atoms with Crippen LogP contribution in [0.2, 0.25) is 0 Å². The largest absolute Gasteiger partial charge is 0.389 e. The van der Waals surface area contributed by atoms with Crippen LogP contribution in [0.25, 0.3) is 0 Å². The minimum atomic E-state index is -0.570. The topological polar surface area (TPSA) is 50.9 Å². The maximum atomic E-state index is 10.6. The van der Waals surface area contributed by atoms with Crippen LogP contribution in [0.4, 0.5) is 0 Å². The monoisotopic (exact) mass is 223 g/mol. The lowest BCUT2D eigenvalue weighted by atomic mass is 9.90. The molecule has 1 aromatic rings. The van der Waals surface area contributed by atoms with Gasteiger partial charge in [-0.25, -0.2) is 9.67 Å². The predicted octanol–water partition coefficient (Wildman–Crippen LogP) is 1.95. The van der Waals surface area contributed by atoms with Crippen molar-refractivity contribution in [3.8, 4) is 0 Å². The van der Waals surface area contributed by atoms with E-state index in [4.69, 9.17) is 0 Å². The van der Waals surface area contributed by atoms with Crippen molar-refractivity contribution in [2.24, 2.45) is 5.92 Å². The highest BCUT2D eigenvalue weighted by molar-refractivity contribution is 5.02. The van der Waals surface area contributed by atoms with E-state index in [0.717, 1.165) is 25.1 Å². The van der Waals surface area contributed by atoms with Gasteiger partial charge in [-0.1, -0.05) is 6.92 Å². The number of rotatable bonds is 5. The normalized spacial score (nSPS) is 20.1. The smallest absolute Gasteiger partial charge is 0.138 e. The summed E-state index contributed by atoms with van der Waals surface area (Å²) in [5.74, 6) is 1.38. The van der Waals surface area contributed by atoms with Crippen LogP contribution >= 0.6 is 0 Å². The highest BCUT2D eigenvalue weighted by atomic mass is 16.3. The average Bonchev–Trinajstić information content (AvgIpc) is 3.00. The molecule has 1 aliphatic carbocycles. The Morgan fingerprint density at radius 2 is 2.25 bits per heavy atom. The molecule has 0 saturated heterocycles. The minimum Gasteiger partial charge on any atom is -0.389 e. The number of hydrogen-bond donors (Lipinski definition) is 1. The second-order valence-corrected chi connectivity index (χ2v) is 5.12. The lowest BCUT2D eigenvalue weighted by Crippen LogP contribution is -2.34. The summed E-state index contributed by atoms with van der Waals surface area (Å²) in [5, 5.41) is 14.8. The van der Waals surface area contributed by atoms with Gasteiger partial charge in [0, 0.05) is 12.5 Å². The van der Waals surface area contributed by atoms with Gasteiger partial charge in [-0.15, -0.1) is 0 Å². The molecule has 90 valence electrons. The molecule has 1 aromatic heterocycles. The van der Waals surface area contributed by atoms with Crippen LogP contribution in [0.1, 0.15) is 51.9 Å². The van der Waals surface area contributed by atoms with E-state index in [0.29, 0.717) is 18.4 Å². The van der Waals surface area contributed by atoms with Crippen LogP contribution in [0.15, 0.2) is 6.33 Å². The van der Waals surface area contributed by atoms with Gasteiger partial charge in [0.1, 0.15) is 12.2 Å². The fourth-order valence-electron chi connectivity index (χ4n) is 2.28. The van der Waals surface area contributed by atoms with Gasteiger partial charge in [0.2, 0.25) is 0 Å². The summed E-state index contributed by atoms with van der Waals surface area (Å²) in [6, 6.07) is 0.304. The van der Waals surface area contributed by atoms with Crippen molar-refractivity contribution in [3.63, 3.8) is 0 Å². The van der Waals surface area contributed by atoms with E-state index < -0.39 is 5.60 Å². The van der Waals surface area contributed by atoms with Crippen molar-refractivity contribution < 1.29 is 5.11 Å². The van der Waals surface area contributed by atoms with Crippen molar-refractivity contribution in [2.45, 2.75) is 58.1 Å². The molecule has 16 heavy (non-hydrogen) atoms. The Morgan fingerprint density at radius 1 is 1.56 bits per heavy atom. The molecule has 1 saturated carbocycles. The predicted molar refractivity (Wildman–Crippen MR) is 62.1 cm³/mol. The fraction of sp³-hybridized carbons (Fsp3) is 0.833. The molecule has 0 spiro atoms. The van der Waals surface area contributed by atoms with E-state index in [1.165, 1.54) is 0 Å². The van der Waals surface area contributed by atoms with Crippen LogP contribution < -0.4 is 0 Å². The molecule has 1 N–H and O–H groups in total. The van der Waals surface area contributed by atoms with Crippen LogP contribution in [-0.2, 0) is 6.42 Å². The molecule has 1 heterocycles. The summed E-state index contributed by atoms with van der Waals surface area (Å²) in [6.07, 6.45) is 5.31. The third-order valence-corrected chi connectivity index (χ3v) is 3.55. The molecule has 1 unspecified atom stereocenters. The molecule has 2 rings (SSSR count). The van der Waals surface area contributed by atoms with Crippen LogP contribution in [-0.4, -0.2) is 25.5 Å². The third-order valence-electron chi connectivity index (χ3n) is 3.55. The van der Waals surface area contributed by atoms with E-state index in [1.54, 1.807) is 6.33 Å². The van der Waals surface area contributed by atoms with Gasteiger partial charge in [0.25, 0.3) is 0 Å². The van der Waals surface area contributed by atoms with Gasteiger partial charge in [0.15, 0.2) is 0 Å². The van der Waals surface area contributed by atoms with E-state index in [-0.39, 0.29) is 0 Å². The molecule has 4 nitrogen and oxygen atoms in total. The third kappa shape index (κ3) is 2.12. The molecule has 0 aliphatic heterocycles. The quantitative estimate of drug-likeness (QED) is 0.830. The Morgan fingerprint density at radius 3 is 2.75 bits per heavy atom. The van der Waals surface area contributed by atoms with E-state index in [2.05, 4.69) is 30.9 Å². The summed E-state index contributed by atoms with van der Waals surface area (Å²) in [6.45, 7) is 6.22. The van der Waals surface area contributed by atoms with Gasteiger partial charge in [-0.2, -0.15) is 5.10 Å². The van der Waals surface area contributed by atoms with Gasteiger partial charge >= 0.3 is 0 Å². The molecular formula is C12H21N3O. The first-order valence-corrected chi connectivity index (χ1v) is 6.17. The average molecular weight is 223 g/mol.